The monoisotopic (exact) mass is 646 g/mol. The molecule has 0 fully saturated rings. The first kappa shape index (κ1) is 31.0. The lowest BCUT2D eigenvalue weighted by Gasteiger charge is -2.29. The smallest absolute Gasteiger partial charge is 0.130 e. The van der Waals surface area contributed by atoms with E-state index in [4.69, 9.17) is 0 Å². The van der Waals surface area contributed by atoms with E-state index in [1.54, 1.807) is 0 Å². The van der Waals surface area contributed by atoms with Crippen molar-refractivity contribution >= 4 is 46.4 Å². The molecular formula is C44H37FP2+2. The molecule has 0 aliphatic carbocycles. The van der Waals surface area contributed by atoms with Crippen molar-refractivity contribution < 1.29 is 4.39 Å². The van der Waals surface area contributed by atoms with Gasteiger partial charge in [-0.15, -0.1) is 0 Å². The molecule has 0 spiro atoms. The van der Waals surface area contributed by atoms with Crippen molar-refractivity contribution in [2.24, 2.45) is 0 Å². The van der Waals surface area contributed by atoms with Crippen molar-refractivity contribution in [3.8, 4) is 0 Å². The molecule has 0 amide bonds. The summed E-state index contributed by atoms with van der Waals surface area (Å²) in [5.41, 5.74) is 1.76. The Morgan fingerprint density at radius 1 is 0.319 bits per heavy atom. The van der Waals surface area contributed by atoms with E-state index in [0.29, 0.717) is 6.16 Å². The summed E-state index contributed by atoms with van der Waals surface area (Å²) in [5, 5.41) is 7.64. The molecule has 7 aromatic rings. The van der Waals surface area contributed by atoms with Crippen LogP contribution < -0.4 is 31.8 Å². The number of hydrogen-bond donors (Lipinski definition) is 0. The van der Waals surface area contributed by atoms with E-state index in [1.165, 1.54) is 31.8 Å². The molecule has 0 saturated heterocycles. The summed E-state index contributed by atoms with van der Waals surface area (Å²) in [6.07, 6.45) is 1.34. The molecule has 0 saturated carbocycles. The van der Waals surface area contributed by atoms with Crippen molar-refractivity contribution in [1.82, 2.24) is 0 Å². The standard InChI is InChI=1S/C44H37FP2/c45-44-33-36(34-46(38-19-7-1-8-20-38,39-21-9-2-10-22-39)40-23-11-3-12-24-40)31-32-37(44)35-47(41-25-13-4-14-26-41,42-27-15-5-16-28-42)43-29-17-6-18-30-43/h1-33H,34-35H2/q+2. The third-order valence-corrected chi connectivity index (χ3v) is 17.9. The third-order valence-electron chi connectivity index (χ3n) is 9.13. The molecular weight excluding hydrogens is 609 g/mol. The van der Waals surface area contributed by atoms with E-state index in [0.717, 1.165) is 17.3 Å². The van der Waals surface area contributed by atoms with Gasteiger partial charge in [-0.25, -0.2) is 4.39 Å². The largest absolute Gasteiger partial charge is 0.207 e. The fourth-order valence-corrected chi connectivity index (χ4v) is 15.4. The summed E-state index contributed by atoms with van der Waals surface area (Å²) >= 11 is 0. The van der Waals surface area contributed by atoms with Gasteiger partial charge in [0.1, 0.15) is 58.3 Å². The van der Waals surface area contributed by atoms with Gasteiger partial charge in [-0.05, 0) is 84.4 Å². The zero-order chi connectivity index (χ0) is 31.9. The number of hydrogen-bond acceptors (Lipinski definition) is 0. The molecule has 7 aromatic carbocycles. The maximum Gasteiger partial charge on any atom is 0.130 e. The van der Waals surface area contributed by atoms with Gasteiger partial charge in [-0.2, -0.15) is 0 Å². The average molecular weight is 647 g/mol. The van der Waals surface area contributed by atoms with Gasteiger partial charge in [0, 0.05) is 5.56 Å². The summed E-state index contributed by atoms with van der Waals surface area (Å²) in [6, 6.07) is 70.6. The molecule has 0 aliphatic heterocycles. The van der Waals surface area contributed by atoms with Gasteiger partial charge in [-0.1, -0.05) is 121 Å². The lowest BCUT2D eigenvalue weighted by molar-refractivity contribution is 0.615. The van der Waals surface area contributed by atoms with Gasteiger partial charge in [0.05, 0.1) is 6.16 Å². The highest BCUT2D eigenvalue weighted by Gasteiger charge is 2.47. The Balaban J connectivity index is 1.36. The molecule has 3 heteroatoms. The normalized spacial score (nSPS) is 11.7. The minimum atomic E-state index is -2.23. The molecule has 0 bridgehead atoms. The predicted molar refractivity (Wildman–Crippen MR) is 204 cm³/mol. The third kappa shape index (κ3) is 6.11. The van der Waals surface area contributed by atoms with E-state index in [2.05, 4.69) is 194 Å². The fourth-order valence-electron chi connectivity index (χ4n) is 6.88. The van der Waals surface area contributed by atoms with Crippen molar-refractivity contribution in [2.45, 2.75) is 12.3 Å². The molecule has 0 aromatic heterocycles. The Hall–Kier alpha value is -4.67. The molecule has 228 valence electrons. The SMILES string of the molecule is Fc1cc(C[P+](c2ccccc2)(c2ccccc2)c2ccccc2)ccc1C[P+](c1ccccc1)(c1ccccc1)c1ccccc1. The van der Waals surface area contributed by atoms with E-state index in [-0.39, 0.29) is 5.82 Å². The predicted octanol–water partition coefficient (Wildman–Crippen LogP) is 8.81. The minimum Gasteiger partial charge on any atom is -0.207 e. The molecule has 0 nitrogen and oxygen atoms in total. The second kappa shape index (κ2) is 14.0. The first-order chi connectivity index (χ1) is 23.2. The van der Waals surface area contributed by atoms with Crippen molar-refractivity contribution in [2.75, 3.05) is 0 Å². The van der Waals surface area contributed by atoms with Crippen LogP contribution in [0.25, 0.3) is 0 Å². The lowest BCUT2D eigenvalue weighted by atomic mass is 10.1. The minimum absolute atomic E-state index is 0.137. The van der Waals surface area contributed by atoms with E-state index >= 15 is 4.39 Å². The first-order valence-corrected chi connectivity index (χ1v) is 20.0. The Kier molecular flexibility index (Phi) is 9.21. The zero-order valence-corrected chi connectivity index (χ0v) is 28.0. The highest BCUT2D eigenvalue weighted by atomic mass is 31.2. The number of rotatable bonds is 10. The quantitative estimate of drug-likeness (QED) is 0.130. The fraction of sp³-hybridized carbons (Fsp3) is 0.0455. The van der Waals surface area contributed by atoms with Crippen LogP contribution in [0, 0.1) is 5.82 Å². The summed E-state index contributed by atoms with van der Waals surface area (Å²) < 4.78 is 16.7. The highest BCUT2D eigenvalue weighted by Crippen LogP contribution is 2.60. The van der Waals surface area contributed by atoms with Crippen LogP contribution >= 0.6 is 14.5 Å². The van der Waals surface area contributed by atoms with Gasteiger partial charge < -0.3 is 0 Å². The van der Waals surface area contributed by atoms with E-state index in [9.17, 15) is 0 Å². The second-order valence-corrected chi connectivity index (χ2v) is 18.8. The summed E-state index contributed by atoms with van der Waals surface area (Å²) in [4.78, 5) is 0. The van der Waals surface area contributed by atoms with Crippen LogP contribution in [0.4, 0.5) is 4.39 Å². The number of benzene rings is 7. The molecule has 7 rings (SSSR count). The molecule has 0 aliphatic rings. The molecule has 47 heavy (non-hydrogen) atoms. The lowest BCUT2D eigenvalue weighted by Crippen LogP contribution is -2.33. The Bertz CT molecular complexity index is 1820. The highest BCUT2D eigenvalue weighted by molar-refractivity contribution is 7.95. The Morgan fingerprint density at radius 3 is 0.872 bits per heavy atom. The maximum atomic E-state index is 16.7. The van der Waals surface area contributed by atoms with Crippen LogP contribution in [0.1, 0.15) is 11.1 Å². The molecule has 0 atom stereocenters. The van der Waals surface area contributed by atoms with E-state index < -0.39 is 14.5 Å². The Labute approximate surface area is 279 Å². The topological polar surface area (TPSA) is 0 Å². The molecule has 0 unspecified atom stereocenters. The average Bonchev–Trinajstić information content (AvgIpc) is 3.16. The van der Waals surface area contributed by atoms with Crippen molar-refractivity contribution in [3.63, 3.8) is 0 Å². The van der Waals surface area contributed by atoms with Crippen molar-refractivity contribution in [1.29, 1.82) is 0 Å². The van der Waals surface area contributed by atoms with Gasteiger partial charge in [-0.3, -0.25) is 0 Å². The Morgan fingerprint density at radius 2 is 0.596 bits per heavy atom. The van der Waals surface area contributed by atoms with E-state index in [1.807, 2.05) is 6.07 Å². The maximum absolute atomic E-state index is 16.7. The van der Waals surface area contributed by atoms with Gasteiger partial charge >= 0.3 is 0 Å². The van der Waals surface area contributed by atoms with Gasteiger partial charge in [0.2, 0.25) is 0 Å². The van der Waals surface area contributed by atoms with Crippen LogP contribution in [-0.2, 0) is 12.3 Å². The van der Waals surface area contributed by atoms with Crippen LogP contribution in [0.2, 0.25) is 0 Å². The second-order valence-electron chi connectivity index (χ2n) is 11.9. The van der Waals surface area contributed by atoms with Crippen LogP contribution in [0.15, 0.2) is 200 Å². The summed E-state index contributed by atoms with van der Waals surface area (Å²) in [7, 11) is -4.39. The van der Waals surface area contributed by atoms with Gasteiger partial charge in [0.15, 0.2) is 0 Å². The van der Waals surface area contributed by atoms with Crippen LogP contribution in [0.3, 0.4) is 0 Å². The van der Waals surface area contributed by atoms with Gasteiger partial charge in [0.25, 0.3) is 0 Å². The summed E-state index contributed by atoms with van der Waals surface area (Å²) in [6.45, 7) is 0. The molecule has 0 N–H and O–H groups in total. The summed E-state index contributed by atoms with van der Waals surface area (Å²) in [5.74, 6) is -0.137. The molecule has 0 radical (unpaired) electrons. The number of halogens is 1. The first-order valence-electron chi connectivity index (χ1n) is 16.1. The molecule has 0 heterocycles. The zero-order valence-electron chi connectivity index (χ0n) is 26.2. The van der Waals surface area contributed by atoms with Crippen LogP contribution in [-0.4, -0.2) is 0 Å². The van der Waals surface area contributed by atoms with Crippen molar-refractivity contribution in [3.05, 3.63) is 217 Å². The van der Waals surface area contributed by atoms with Crippen LogP contribution in [0.5, 0.6) is 0 Å².